The van der Waals surface area contributed by atoms with E-state index in [9.17, 15) is 14.0 Å². The maximum absolute atomic E-state index is 14.2. The second kappa shape index (κ2) is 10.1. The van der Waals surface area contributed by atoms with Crippen molar-refractivity contribution < 1.29 is 28.2 Å². The summed E-state index contributed by atoms with van der Waals surface area (Å²) in [4.78, 5) is 30.0. The molecule has 4 aromatic rings. The third-order valence-corrected chi connectivity index (χ3v) is 6.06. The smallest absolute Gasteiger partial charge is 0.335 e. The number of carbonyl (C=O) groups excluding carboxylic acids is 1. The fourth-order valence-electron chi connectivity index (χ4n) is 4.26. The summed E-state index contributed by atoms with van der Waals surface area (Å²) in [5.74, 6) is -0.765. The first-order valence-electron chi connectivity index (χ1n) is 11.6. The number of alkyl halides is 1. The van der Waals surface area contributed by atoms with Crippen LogP contribution in [0.3, 0.4) is 0 Å². The van der Waals surface area contributed by atoms with Crippen LogP contribution in [0.5, 0.6) is 5.75 Å². The van der Waals surface area contributed by atoms with Gasteiger partial charge in [-0.2, -0.15) is 4.98 Å². The molecule has 36 heavy (non-hydrogen) atoms. The molecule has 9 heteroatoms. The number of rotatable bonds is 8. The standard InChI is InChI=1S/C27H24FN3O5/c28-19-14-21(16-35-22-9-7-18(8-10-22)26(33)34)31(15-19)25(32)13-17-6-11-23-24(12-17)36-27(30-23)29-20-4-2-1-3-5-20/h1-12,19,21H,13-16H2,(H,29,30)(H,33,34). The maximum Gasteiger partial charge on any atom is 0.335 e. The van der Waals surface area contributed by atoms with Crippen LogP contribution in [0.2, 0.25) is 0 Å². The number of aromatic carboxylic acids is 1. The Labute approximate surface area is 206 Å². The van der Waals surface area contributed by atoms with Gasteiger partial charge in [-0.25, -0.2) is 9.18 Å². The number of carboxylic acid groups (broad SMARTS) is 1. The molecule has 1 aliphatic rings. The summed E-state index contributed by atoms with van der Waals surface area (Å²) >= 11 is 0. The van der Waals surface area contributed by atoms with E-state index in [0.717, 1.165) is 11.3 Å². The molecule has 5 rings (SSSR count). The molecule has 1 aromatic heterocycles. The molecule has 3 aromatic carbocycles. The molecule has 2 N–H and O–H groups in total. The van der Waals surface area contributed by atoms with Crippen LogP contribution >= 0.6 is 0 Å². The third kappa shape index (κ3) is 5.30. The number of anilines is 2. The van der Waals surface area contributed by atoms with E-state index >= 15 is 0 Å². The van der Waals surface area contributed by atoms with E-state index in [4.69, 9.17) is 14.3 Å². The van der Waals surface area contributed by atoms with E-state index in [-0.39, 0.29) is 37.5 Å². The Kier molecular flexibility index (Phi) is 6.53. The largest absolute Gasteiger partial charge is 0.491 e. The van der Waals surface area contributed by atoms with Crippen LogP contribution in [0.1, 0.15) is 22.3 Å². The highest BCUT2D eigenvalue weighted by atomic mass is 19.1. The van der Waals surface area contributed by atoms with Crippen LogP contribution in [-0.4, -0.2) is 52.2 Å². The molecule has 2 atom stereocenters. The molecule has 184 valence electrons. The van der Waals surface area contributed by atoms with Gasteiger partial charge in [-0.15, -0.1) is 0 Å². The predicted octanol–water partition coefficient (Wildman–Crippen LogP) is 4.83. The number of nitrogens with one attached hydrogen (secondary N) is 1. The van der Waals surface area contributed by atoms with Crippen molar-refractivity contribution in [3.63, 3.8) is 0 Å². The topological polar surface area (TPSA) is 105 Å². The highest BCUT2D eigenvalue weighted by molar-refractivity contribution is 5.87. The number of nitrogens with zero attached hydrogens (tertiary/aromatic N) is 2. The van der Waals surface area contributed by atoms with Gasteiger partial charge in [0.1, 0.15) is 24.0 Å². The minimum absolute atomic E-state index is 0.0144. The zero-order valence-electron chi connectivity index (χ0n) is 19.3. The number of oxazole rings is 1. The van der Waals surface area contributed by atoms with Crippen molar-refractivity contribution in [2.45, 2.75) is 25.1 Å². The minimum atomic E-state index is -1.12. The Morgan fingerprint density at radius 3 is 2.64 bits per heavy atom. The molecule has 1 amide bonds. The second-order valence-corrected chi connectivity index (χ2v) is 8.66. The number of benzene rings is 3. The van der Waals surface area contributed by atoms with Gasteiger partial charge in [0.05, 0.1) is 24.6 Å². The summed E-state index contributed by atoms with van der Waals surface area (Å²) < 4.78 is 25.8. The lowest BCUT2D eigenvalue weighted by Gasteiger charge is -2.24. The van der Waals surface area contributed by atoms with Gasteiger partial charge in [-0.3, -0.25) is 4.79 Å². The molecule has 1 fully saturated rings. The summed E-state index contributed by atoms with van der Waals surface area (Å²) in [7, 11) is 0. The molecule has 0 saturated carbocycles. The number of aromatic nitrogens is 1. The first-order chi connectivity index (χ1) is 17.4. The van der Waals surface area contributed by atoms with E-state index < -0.39 is 18.2 Å². The van der Waals surface area contributed by atoms with Gasteiger partial charge < -0.3 is 24.5 Å². The SMILES string of the molecule is O=C(O)c1ccc(OCC2CC(F)CN2C(=O)Cc2ccc3nc(Nc4ccccc4)oc3c2)cc1. The third-order valence-electron chi connectivity index (χ3n) is 6.06. The normalized spacial score (nSPS) is 17.3. The quantitative estimate of drug-likeness (QED) is 0.365. The fraction of sp³-hybridized carbons (Fsp3) is 0.222. The lowest BCUT2D eigenvalue weighted by Crippen LogP contribution is -2.40. The van der Waals surface area contributed by atoms with Gasteiger partial charge >= 0.3 is 5.97 Å². The van der Waals surface area contributed by atoms with E-state index in [1.807, 2.05) is 36.4 Å². The van der Waals surface area contributed by atoms with Crippen molar-refractivity contribution in [1.82, 2.24) is 9.88 Å². The number of ether oxygens (including phenoxy) is 1. The average Bonchev–Trinajstić information content (AvgIpc) is 3.45. The van der Waals surface area contributed by atoms with Gasteiger partial charge in [-0.05, 0) is 54.1 Å². The van der Waals surface area contributed by atoms with Crippen LogP contribution in [0.15, 0.2) is 77.2 Å². The van der Waals surface area contributed by atoms with E-state index in [2.05, 4.69) is 10.3 Å². The first-order valence-corrected chi connectivity index (χ1v) is 11.6. The second-order valence-electron chi connectivity index (χ2n) is 8.66. The highest BCUT2D eigenvalue weighted by Crippen LogP contribution is 2.26. The zero-order chi connectivity index (χ0) is 25.1. The van der Waals surface area contributed by atoms with Gasteiger partial charge in [-0.1, -0.05) is 24.3 Å². The molecule has 0 aliphatic carbocycles. The number of amides is 1. The Morgan fingerprint density at radius 2 is 1.89 bits per heavy atom. The number of para-hydroxylation sites is 1. The molecule has 8 nitrogen and oxygen atoms in total. The van der Waals surface area contributed by atoms with Crippen molar-refractivity contribution >= 4 is 34.7 Å². The van der Waals surface area contributed by atoms with Crippen molar-refractivity contribution in [2.24, 2.45) is 0 Å². The Balaban J connectivity index is 1.23. The summed E-state index contributed by atoms with van der Waals surface area (Å²) in [6, 6.07) is 20.8. The highest BCUT2D eigenvalue weighted by Gasteiger charge is 2.35. The van der Waals surface area contributed by atoms with Crippen LogP contribution in [0.4, 0.5) is 16.1 Å². The number of hydrogen-bond donors (Lipinski definition) is 2. The predicted molar refractivity (Wildman–Crippen MR) is 131 cm³/mol. The fourth-order valence-corrected chi connectivity index (χ4v) is 4.26. The summed E-state index contributed by atoms with van der Waals surface area (Å²) in [6.45, 7) is 0.134. The van der Waals surface area contributed by atoms with E-state index in [1.54, 1.807) is 24.3 Å². The molecule has 0 radical (unpaired) electrons. The molecule has 1 saturated heterocycles. The van der Waals surface area contributed by atoms with E-state index in [1.165, 1.54) is 17.0 Å². The van der Waals surface area contributed by atoms with Crippen LogP contribution in [0.25, 0.3) is 11.1 Å². The maximum atomic E-state index is 14.2. The molecular formula is C27H24FN3O5. The van der Waals surface area contributed by atoms with Crippen LogP contribution in [-0.2, 0) is 11.2 Å². The molecule has 0 bridgehead atoms. The van der Waals surface area contributed by atoms with E-state index in [0.29, 0.717) is 22.9 Å². The molecule has 0 spiro atoms. The number of carboxylic acids is 1. The Bertz CT molecular complexity index is 1370. The Morgan fingerprint density at radius 1 is 1.11 bits per heavy atom. The van der Waals surface area contributed by atoms with Crippen LogP contribution < -0.4 is 10.1 Å². The first kappa shape index (κ1) is 23.3. The summed E-state index contributed by atoms with van der Waals surface area (Å²) in [5, 5.41) is 12.1. The average molecular weight is 490 g/mol. The molecule has 1 aliphatic heterocycles. The van der Waals surface area contributed by atoms with Crippen LogP contribution in [0, 0.1) is 0 Å². The number of fused-ring (bicyclic) bond motifs is 1. The molecular weight excluding hydrogens is 465 g/mol. The number of hydrogen-bond acceptors (Lipinski definition) is 6. The monoisotopic (exact) mass is 489 g/mol. The lowest BCUT2D eigenvalue weighted by molar-refractivity contribution is -0.132. The van der Waals surface area contributed by atoms with Crippen molar-refractivity contribution in [3.05, 3.63) is 83.9 Å². The van der Waals surface area contributed by atoms with Gasteiger partial charge in [0.15, 0.2) is 5.58 Å². The van der Waals surface area contributed by atoms with Gasteiger partial charge in [0.2, 0.25) is 5.91 Å². The lowest BCUT2D eigenvalue weighted by atomic mass is 10.1. The zero-order valence-corrected chi connectivity index (χ0v) is 19.3. The molecule has 2 heterocycles. The summed E-state index contributed by atoms with van der Waals surface area (Å²) in [6.07, 6.45) is -0.844. The van der Waals surface area contributed by atoms with Crippen molar-refractivity contribution in [3.8, 4) is 5.75 Å². The number of halogens is 1. The van der Waals surface area contributed by atoms with Gasteiger partial charge in [0, 0.05) is 12.1 Å². The number of likely N-dealkylation sites (tertiary alicyclic amines) is 1. The van der Waals surface area contributed by atoms with Crippen molar-refractivity contribution in [2.75, 3.05) is 18.5 Å². The number of carbonyl (C=O) groups is 2. The summed E-state index contributed by atoms with van der Waals surface area (Å²) in [5.41, 5.74) is 2.94. The molecule has 2 unspecified atom stereocenters. The van der Waals surface area contributed by atoms with Gasteiger partial charge in [0.25, 0.3) is 6.01 Å². The van der Waals surface area contributed by atoms with Crippen molar-refractivity contribution in [1.29, 1.82) is 0 Å². The minimum Gasteiger partial charge on any atom is -0.491 e. The Hall–Kier alpha value is -4.40.